The third kappa shape index (κ3) is 5.34. The minimum absolute atomic E-state index is 0.0989. The molecule has 1 aromatic carbocycles. The molecule has 5 nitrogen and oxygen atoms in total. The Labute approximate surface area is 107 Å². The molecule has 0 aromatic heterocycles. The Morgan fingerprint density at radius 1 is 1.28 bits per heavy atom. The van der Waals surface area contributed by atoms with Gasteiger partial charge in [0.1, 0.15) is 6.54 Å². The molecule has 0 aliphatic rings. The number of benzene rings is 1. The molecule has 0 saturated heterocycles. The predicted octanol–water partition coefficient (Wildman–Crippen LogP) is 2.01. The Morgan fingerprint density at radius 3 is 2.56 bits per heavy atom. The smallest absolute Gasteiger partial charge is 0.325 e. The molecule has 1 rings (SSSR count). The number of amides is 1. The molecular formula is C13H18N2O3. The van der Waals surface area contributed by atoms with E-state index in [1.807, 2.05) is 6.07 Å². The summed E-state index contributed by atoms with van der Waals surface area (Å²) in [5, 5.41) is 5.61. The normalized spacial score (nSPS) is 10.0. The number of hydrogen-bond donors (Lipinski definition) is 2. The second-order valence-electron chi connectivity index (χ2n) is 4.15. The average Bonchev–Trinajstić information content (AvgIpc) is 2.25. The molecule has 2 N–H and O–H groups in total. The summed E-state index contributed by atoms with van der Waals surface area (Å²) in [5.74, 6) is -0.443. The molecule has 18 heavy (non-hydrogen) atoms. The zero-order valence-electron chi connectivity index (χ0n) is 10.8. The molecule has 98 valence electrons. The van der Waals surface area contributed by atoms with Crippen molar-refractivity contribution in [3.8, 4) is 0 Å². The van der Waals surface area contributed by atoms with Crippen LogP contribution in [-0.4, -0.2) is 24.5 Å². The molecule has 1 amide bonds. The molecule has 0 unspecified atom stereocenters. The van der Waals surface area contributed by atoms with Crippen molar-refractivity contribution >= 4 is 23.3 Å². The Balaban J connectivity index is 2.52. The highest BCUT2D eigenvalue weighted by Crippen LogP contribution is 2.14. The van der Waals surface area contributed by atoms with Crippen LogP contribution in [0.15, 0.2) is 24.3 Å². The molecule has 0 spiro atoms. The number of anilines is 2. The first kappa shape index (κ1) is 14.0. The number of carbonyl (C=O) groups is 2. The van der Waals surface area contributed by atoms with Crippen LogP contribution in [0.1, 0.15) is 20.8 Å². The maximum atomic E-state index is 11.3. The maximum absolute atomic E-state index is 11.3. The van der Waals surface area contributed by atoms with Crippen LogP contribution in [0.3, 0.4) is 0 Å². The largest absolute Gasteiger partial charge is 0.462 e. The summed E-state index contributed by atoms with van der Waals surface area (Å²) < 4.78 is 5.00. The van der Waals surface area contributed by atoms with Gasteiger partial charge in [-0.25, -0.2) is 0 Å². The summed E-state index contributed by atoms with van der Waals surface area (Å²) in [4.78, 5) is 22.2. The second-order valence-corrected chi connectivity index (χ2v) is 4.15. The van der Waals surface area contributed by atoms with Gasteiger partial charge in [0, 0.05) is 18.3 Å². The Morgan fingerprint density at radius 2 is 1.94 bits per heavy atom. The average molecular weight is 250 g/mol. The summed E-state index contributed by atoms with van der Waals surface area (Å²) in [5.41, 5.74) is 1.44. The van der Waals surface area contributed by atoms with Gasteiger partial charge in [-0.1, -0.05) is 6.07 Å². The van der Waals surface area contributed by atoms with Crippen molar-refractivity contribution in [3.63, 3.8) is 0 Å². The van der Waals surface area contributed by atoms with E-state index in [9.17, 15) is 9.59 Å². The minimum atomic E-state index is -0.310. The first-order valence-corrected chi connectivity index (χ1v) is 5.78. The summed E-state index contributed by atoms with van der Waals surface area (Å²) in [6, 6.07) is 7.14. The molecule has 0 bridgehead atoms. The van der Waals surface area contributed by atoms with Crippen LogP contribution in [0.25, 0.3) is 0 Å². The lowest BCUT2D eigenvalue weighted by Crippen LogP contribution is -2.20. The van der Waals surface area contributed by atoms with Gasteiger partial charge < -0.3 is 15.4 Å². The molecular weight excluding hydrogens is 232 g/mol. The minimum Gasteiger partial charge on any atom is -0.462 e. The number of ether oxygens (including phenoxy) is 1. The molecule has 0 fully saturated rings. The zero-order chi connectivity index (χ0) is 13.5. The quantitative estimate of drug-likeness (QED) is 0.784. The fraction of sp³-hybridized carbons (Fsp3) is 0.385. The standard InChI is InChI=1S/C13H18N2O3/c1-9(2)18-13(17)8-14-11-5-4-6-12(7-11)15-10(3)16/h4-7,9,14H,8H2,1-3H3,(H,15,16). The highest BCUT2D eigenvalue weighted by atomic mass is 16.5. The first-order chi connectivity index (χ1) is 8.47. The SMILES string of the molecule is CC(=O)Nc1cccc(NCC(=O)OC(C)C)c1. The van der Waals surface area contributed by atoms with E-state index >= 15 is 0 Å². The molecule has 5 heteroatoms. The summed E-state index contributed by atoms with van der Waals surface area (Å²) in [7, 11) is 0. The van der Waals surface area contributed by atoms with Crippen molar-refractivity contribution in [1.29, 1.82) is 0 Å². The lowest BCUT2D eigenvalue weighted by molar-refractivity contribution is -0.145. The van der Waals surface area contributed by atoms with Gasteiger partial charge in [-0.3, -0.25) is 9.59 Å². The Hall–Kier alpha value is -2.04. The van der Waals surface area contributed by atoms with Crippen LogP contribution in [0.5, 0.6) is 0 Å². The van der Waals surface area contributed by atoms with Gasteiger partial charge in [-0.15, -0.1) is 0 Å². The fourth-order valence-corrected chi connectivity index (χ4v) is 1.39. The van der Waals surface area contributed by atoms with Crippen molar-refractivity contribution in [2.45, 2.75) is 26.9 Å². The number of carbonyl (C=O) groups excluding carboxylic acids is 2. The third-order valence-electron chi connectivity index (χ3n) is 1.99. The molecule has 0 radical (unpaired) electrons. The van der Waals surface area contributed by atoms with Crippen LogP contribution < -0.4 is 10.6 Å². The second kappa shape index (κ2) is 6.64. The van der Waals surface area contributed by atoms with E-state index in [4.69, 9.17) is 4.74 Å². The summed E-state index contributed by atoms with van der Waals surface area (Å²) >= 11 is 0. The molecule has 0 atom stereocenters. The molecule has 0 aliphatic carbocycles. The number of nitrogens with one attached hydrogen (secondary N) is 2. The fourth-order valence-electron chi connectivity index (χ4n) is 1.39. The van der Waals surface area contributed by atoms with Crippen LogP contribution in [0, 0.1) is 0 Å². The van der Waals surface area contributed by atoms with Gasteiger partial charge in [-0.2, -0.15) is 0 Å². The zero-order valence-corrected chi connectivity index (χ0v) is 10.8. The van der Waals surface area contributed by atoms with Gasteiger partial charge in [0.2, 0.25) is 5.91 Å². The van der Waals surface area contributed by atoms with Gasteiger partial charge in [0.05, 0.1) is 6.10 Å². The van der Waals surface area contributed by atoms with Crippen molar-refractivity contribution in [2.75, 3.05) is 17.2 Å². The Kier molecular flexibility index (Phi) is 5.17. The summed E-state index contributed by atoms with van der Waals surface area (Å²) in [6.07, 6.45) is -0.120. The topological polar surface area (TPSA) is 67.4 Å². The van der Waals surface area contributed by atoms with E-state index in [1.165, 1.54) is 6.92 Å². The number of esters is 1. The van der Waals surface area contributed by atoms with Crippen molar-refractivity contribution < 1.29 is 14.3 Å². The lowest BCUT2D eigenvalue weighted by Gasteiger charge is -2.10. The van der Waals surface area contributed by atoms with Crippen LogP contribution in [-0.2, 0) is 14.3 Å². The van der Waals surface area contributed by atoms with Crippen LogP contribution >= 0.6 is 0 Å². The molecule has 0 saturated carbocycles. The summed E-state index contributed by atoms with van der Waals surface area (Å²) in [6.45, 7) is 5.15. The van der Waals surface area contributed by atoms with E-state index in [2.05, 4.69) is 10.6 Å². The lowest BCUT2D eigenvalue weighted by atomic mass is 10.2. The van der Waals surface area contributed by atoms with E-state index in [-0.39, 0.29) is 24.5 Å². The van der Waals surface area contributed by atoms with Gasteiger partial charge in [0.25, 0.3) is 0 Å². The first-order valence-electron chi connectivity index (χ1n) is 5.78. The van der Waals surface area contributed by atoms with Gasteiger partial charge >= 0.3 is 5.97 Å². The van der Waals surface area contributed by atoms with Crippen LogP contribution in [0.2, 0.25) is 0 Å². The molecule has 0 aliphatic heterocycles. The van der Waals surface area contributed by atoms with Crippen molar-refractivity contribution in [2.24, 2.45) is 0 Å². The van der Waals surface area contributed by atoms with E-state index in [0.29, 0.717) is 5.69 Å². The van der Waals surface area contributed by atoms with E-state index in [1.54, 1.807) is 32.0 Å². The van der Waals surface area contributed by atoms with Crippen molar-refractivity contribution in [1.82, 2.24) is 0 Å². The monoisotopic (exact) mass is 250 g/mol. The predicted molar refractivity (Wildman–Crippen MR) is 70.5 cm³/mol. The molecule has 1 aromatic rings. The van der Waals surface area contributed by atoms with E-state index in [0.717, 1.165) is 5.69 Å². The van der Waals surface area contributed by atoms with E-state index < -0.39 is 0 Å². The van der Waals surface area contributed by atoms with Gasteiger partial charge in [-0.05, 0) is 32.0 Å². The Bertz CT molecular complexity index is 430. The highest BCUT2D eigenvalue weighted by Gasteiger charge is 2.05. The third-order valence-corrected chi connectivity index (χ3v) is 1.99. The van der Waals surface area contributed by atoms with Crippen LogP contribution in [0.4, 0.5) is 11.4 Å². The maximum Gasteiger partial charge on any atom is 0.325 e. The molecule has 0 heterocycles. The number of hydrogen-bond acceptors (Lipinski definition) is 4. The van der Waals surface area contributed by atoms with Gasteiger partial charge in [0.15, 0.2) is 0 Å². The van der Waals surface area contributed by atoms with Crippen molar-refractivity contribution in [3.05, 3.63) is 24.3 Å². The highest BCUT2D eigenvalue weighted by molar-refractivity contribution is 5.89. The number of rotatable bonds is 5.